The van der Waals surface area contributed by atoms with Crippen LogP contribution < -0.4 is 5.32 Å². The van der Waals surface area contributed by atoms with E-state index < -0.39 is 0 Å². The third-order valence-electron chi connectivity index (χ3n) is 3.02. The van der Waals surface area contributed by atoms with Gasteiger partial charge in [-0.3, -0.25) is 4.79 Å². The number of nitrogens with zero attached hydrogens (tertiary/aromatic N) is 2. The molecular formula is C11H19N3O. The molecule has 1 aliphatic heterocycles. The van der Waals surface area contributed by atoms with E-state index in [1.165, 1.54) is 0 Å². The first-order valence-corrected chi connectivity index (χ1v) is 5.43. The molecule has 1 aliphatic rings. The van der Waals surface area contributed by atoms with E-state index in [1.54, 1.807) is 11.9 Å². The van der Waals surface area contributed by atoms with Gasteiger partial charge in [-0.15, -0.1) is 0 Å². The Morgan fingerprint density at radius 2 is 2.40 bits per heavy atom. The molecule has 0 saturated carbocycles. The van der Waals surface area contributed by atoms with Crippen LogP contribution in [0.4, 0.5) is 0 Å². The van der Waals surface area contributed by atoms with Gasteiger partial charge in [-0.1, -0.05) is 0 Å². The molecule has 0 bridgehead atoms. The van der Waals surface area contributed by atoms with Gasteiger partial charge in [0.25, 0.3) is 0 Å². The first kappa shape index (κ1) is 12.0. The van der Waals surface area contributed by atoms with E-state index in [2.05, 4.69) is 11.4 Å². The number of hydrogen-bond acceptors (Lipinski definition) is 3. The Labute approximate surface area is 91.2 Å². The zero-order chi connectivity index (χ0) is 11.3. The van der Waals surface area contributed by atoms with Crippen molar-refractivity contribution in [1.82, 2.24) is 10.2 Å². The van der Waals surface area contributed by atoms with Crippen LogP contribution in [0.15, 0.2) is 0 Å². The molecule has 4 nitrogen and oxygen atoms in total. The van der Waals surface area contributed by atoms with Gasteiger partial charge in [0, 0.05) is 20.1 Å². The van der Waals surface area contributed by atoms with Gasteiger partial charge in [-0.25, -0.2) is 0 Å². The molecule has 1 amide bonds. The predicted molar refractivity (Wildman–Crippen MR) is 58.1 cm³/mol. The lowest BCUT2D eigenvalue weighted by Crippen LogP contribution is -2.49. The molecular weight excluding hydrogens is 190 g/mol. The van der Waals surface area contributed by atoms with Gasteiger partial charge in [0.1, 0.15) is 0 Å². The van der Waals surface area contributed by atoms with Crippen LogP contribution in [0, 0.1) is 16.7 Å². The number of carbonyl (C=O) groups excluding carboxylic acids is 1. The third-order valence-corrected chi connectivity index (χ3v) is 3.02. The Hall–Kier alpha value is -1.08. The molecule has 0 aliphatic carbocycles. The van der Waals surface area contributed by atoms with Crippen molar-refractivity contribution >= 4 is 5.91 Å². The average Bonchev–Trinajstić information content (AvgIpc) is 2.26. The molecule has 1 rings (SSSR count). The Morgan fingerprint density at radius 3 is 2.93 bits per heavy atom. The van der Waals surface area contributed by atoms with Crippen LogP contribution in [-0.4, -0.2) is 37.5 Å². The fourth-order valence-electron chi connectivity index (χ4n) is 2.02. The maximum Gasteiger partial charge on any atom is 0.229 e. The van der Waals surface area contributed by atoms with Gasteiger partial charge in [0.15, 0.2) is 0 Å². The van der Waals surface area contributed by atoms with E-state index in [4.69, 9.17) is 5.26 Å². The van der Waals surface area contributed by atoms with Crippen molar-refractivity contribution < 1.29 is 4.79 Å². The molecule has 1 unspecified atom stereocenters. The van der Waals surface area contributed by atoms with Gasteiger partial charge in [-0.2, -0.15) is 5.26 Å². The number of nitriles is 1. The van der Waals surface area contributed by atoms with Crippen molar-refractivity contribution in [2.24, 2.45) is 5.41 Å². The maximum absolute atomic E-state index is 12.1. The van der Waals surface area contributed by atoms with E-state index >= 15 is 0 Å². The quantitative estimate of drug-likeness (QED) is 0.746. The van der Waals surface area contributed by atoms with Crippen molar-refractivity contribution in [3.63, 3.8) is 0 Å². The Morgan fingerprint density at radius 1 is 1.67 bits per heavy atom. The topological polar surface area (TPSA) is 56.1 Å². The van der Waals surface area contributed by atoms with E-state index in [0.717, 1.165) is 25.9 Å². The summed E-state index contributed by atoms with van der Waals surface area (Å²) in [5, 5.41) is 11.7. The minimum absolute atomic E-state index is 0.157. The minimum Gasteiger partial charge on any atom is -0.344 e. The van der Waals surface area contributed by atoms with Crippen LogP contribution in [-0.2, 0) is 4.79 Å². The highest BCUT2D eigenvalue weighted by Gasteiger charge is 2.36. The summed E-state index contributed by atoms with van der Waals surface area (Å²) in [6, 6.07) is 2.06. The number of piperidine rings is 1. The molecule has 0 aromatic rings. The Kier molecular flexibility index (Phi) is 4.10. The first-order chi connectivity index (χ1) is 7.10. The predicted octanol–water partition coefficient (Wildman–Crippen LogP) is 0.748. The van der Waals surface area contributed by atoms with Crippen LogP contribution >= 0.6 is 0 Å². The fraction of sp³-hybridized carbons (Fsp3) is 0.818. The van der Waals surface area contributed by atoms with Crippen LogP contribution in [0.25, 0.3) is 0 Å². The molecule has 0 spiro atoms. The van der Waals surface area contributed by atoms with Gasteiger partial charge < -0.3 is 10.2 Å². The van der Waals surface area contributed by atoms with Crippen LogP contribution in [0.3, 0.4) is 0 Å². The van der Waals surface area contributed by atoms with Crippen LogP contribution in [0.1, 0.15) is 26.2 Å². The lowest BCUT2D eigenvalue weighted by Gasteiger charge is -2.35. The molecule has 0 aromatic heterocycles. The molecule has 4 heteroatoms. The lowest BCUT2D eigenvalue weighted by atomic mass is 9.81. The standard InChI is InChI=1S/C11H19N3O/c1-11(5-3-7-13-9-11)10(15)14(2)8-4-6-12/h13H,3-5,7-9H2,1-2H3. The van der Waals surface area contributed by atoms with Gasteiger partial charge in [0.05, 0.1) is 17.9 Å². The van der Waals surface area contributed by atoms with E-state index in [0.29, 0.717) is 13.0 Å². The molecule has 1 atom stereocenters. The normalized spacial score (nSPS) is 25.7. The fourth-order valence-corrected chi connectivity index (χ4v) is 2.02. The lowest BCUT2D eigenvalue weighted by molar-refractivity contribution is -0.140. The molecule has 1 fully saturated rings. The molecule has 1 saturated heterocycles. The average molecular weight is 209 g/mol. The van der Waals surface area contributed by atoms with Crippen molar-refractivity contribution in [2.45, 2.75) is 26.2 Å². The summed E-state index contributed by atoms with van der Waals surface area (Å²) in [6.45, 7) is 4.29. The van der Waals surface area contributed by atoms with Gasteiger partial charge >= 0.3 is 0 Å². The second kappa shape index (κ2) is 5.13. The van der Waals surface area contributed by atoms with Crippen molar-refractivity contribution in [3.05, 3.63) is 0 Å². The highest BCUT2D eigenvalue weighted by atomic mass is 16.2. The SMILES string of the molecule is CN(CCC#N)C(=O)C1(C)CCCNC1. The second-order valence-electron chi connectivity index (χ2n) is 4.48. The summed E-state index contributed by atoms with van der Waals surface area (Å²) in [7, 11) is 1.78. The highest BCUT2D eigenvalue weighted by Crippen LogP contribution is 2.27. The number of amides is 1. The molecule has 0 aromatic carbocycles. The summed E-state index contributed by atoms with van der Waals surface area (Å²) in [5.41, 5.74) is -0.275. The molecule has 15 heavy (non-hydrogen) atoms. The molecule has 1 heterocycles. The summed E-state index contributed by atoms with van der Waals surface area (Å²) < 4.78 is 0. The number of carbonyl (C=O) groups is 1. The van der Waals surface area contributed by atoms with Gasteiger partial charge in [0.2, 0.25) is 5.91 Å². The Balaban J connectivity index is 2.54. The number of rotatable bonds is 3. The monoisotopic (exact) mass is 209 g/mol. The second-order valence-corrected chi connectivity index (χ2v) is 4.48. The molecule has 84 valence electrons. The largest absolute Gasteiger partial charge is 0.344 e. The van der Waals surface area contributed by atoms with Crippen molar-refractivity contribution in [3.8, 4) is 6.07 Å². The van der Waals surface area contributed by atoms with E-state index in [-0.39, 0.29) is 11.3 Å². The summed E-state index contributed by atoms with van der Waals surface area (Å²) in [4.78, 5) is 13.8. The first-order valence-electron chi connectivity index (χ1n) is 5.43. The summed E-state index contributed by atoms with van der Waals surface area (Å²) >= 11 is 0. The zero-order valence-electron chi connectivity index (χ0n) is 9.55. The number of nitrogens with one attached hydrogen (secondary N) is 1. The van der Waals surface area contributed by atoms with Gasteiger partial charge in [-0.05, 0) is 26.3 Å². The maximum atomic E-state index is 12.1. The molecule has 0 radical (unpaired) electrons. The summed E-state index contributed by atoms with van der Waals surface area (Å²) in [6.07, 6.45) is 2.40. The summed E-state index contributed by atoms with van der Waals surface area (Å²) in [5.74, 6) is 0.157. The van der Waals surface area contributed by atoms with E-state index in [9.17, 15) is 4.79 Å². The van der Waals surface area contributed by atoms with Crippen LogP contribution in [0.5, 0.6) is 0 Å². The van der Waals surface area contributed by atoms with E-state index in [1.807, 2.05) is 6.92 Å². The smallest absolute Gasteiger partial charge is 0.229 e. The Bertz CT molecular complexity index is 263. The third kappa shape index (κ3) is 2.93. The molecule has 1 N–H and O–H groups in total. The highest BCUT2D eigenvalue weighted by molar-refractivity contribution is 5.82. The zero-order valence-corrected chi connectivity index (χ0v) is 9.55. The number of hydrogen-bond donors (Lipinski definition) is 1. The van der Waals surface area contributed by atoms with Crippen molar-refractivity contribution in [1.29, 1.82) is 5.26 Å². The van der Waals surface area contributed by atoms with Crippen LogP contribution in [0.2, 0.25) is 0 Å². The minimum atomic E-state index is -0.275. The van der Waals surface area contributed by atoms with Crippen molar-refractivity contribution in [2.75, 3.05) is 26.7 Å².